The number of hydrogen-bond acceptors (Lipinski definition) is 6. The Kier molecular flexibility index (Phi) is 4.77. The molecule has 27 heavy (non-hydrogen) atoms. The number of nitrogens with zero attached hydrogens (tertiary/aromatic N) is 1. The fraction of sp³-hybridized carbons (Fsp3) is 0.350. The van der Waals surface area contributed by atoms with E-state index >= 15 is 0 Å². The third-order valence-corrected chi connectivity index (χ3v) is 4.60. The van der Waals surface area contributed by atoms with Crippen LogP contribution in [-0.4, -0.2) is 24.0 Å². The van der Waals surface area contributed by atoms with Crippen LogP contribution in [0, 0.1) is 6.92 Å². The SMILES string of the molecule is Cc1cc(C2CCCO2)oc(=O)c1C(=O)NCCc1nc2ccccc2o1. The molecule has 0 spiro atoms. The molecule has 3 heterocycles. The standard InChI is InChI=1S/C20H20N2O5/c1-12-11-16(15-7-4-10-25-15)27-20(24)18(12)19(23)21-9-8-17-22-13-5-2-3-6-14(13)26-17/h2-3,5-6,11,15H,4,7-10H2,1H3,(H,21,23). The first-order chi connectivity index (χ1) is 13.1. The Morgan fingerprint density at radius 2 is 2.15 bits per heavy atom. The number of nitrogens with one attached hydrogen (secondary N) is 1. The zero-order chi connectivity index (χ0) is 18.8. The van der Waals surface area contributed by atoms with Crippen LogP contribution in [0.2, 0.25) is 0 Å². The predicted molar refractivity (Wildman–Crippen MR) is 97.7 cm³/mol. The van der Waals surface area contributed by atoms with Crippen molar-refractivity contribution in [1.82, 2.24) is 10.3 Å². The molecule has 1 fully saturated rings. The Balaban J connectivity index is 1.42. The average molecular weight is 368 g/mol. The van der Waals surface area contributed by atoms with Crippen molar-refractivity contribution in [2.45, 2.75) is 32.3 Å². The summed E-state index contributed by atoms with van der Waals surface area (Å²) < 4.78 is 16.5. The Morgan fingerprint density at radius 3 is 2.89 bits per heavy atom. The quantitative estimate of drug-likeness (QED) is 0.744. The number of benzene rings is 1. The highest BCUT2D eigenvalue weighted by molar-refractivity contribution is 5.95. The van der Waals surface area contributed by atoms with Crippen molar-refractivity contribution in [3.05, 3.63) is 63.5 Å². The van der Waals surface area contributed by atoms with Gasteiger partial charge in [0.15, 0.2) is 11.5 Å². The highest BCUT2D eigenvalue weighted by Gasteiger charge is 2.24. The summed E-state index contributed by atoms with van der Waals surface area (Å²) in [7, 11) is 0. The molecule has 1 aliphatic rings. The summed E-state index contributed by atoms with van der Waals surface area (Å²) in [6.45, 7) is 2.69. The number of oxazole rings is 1. The molecule has 1 amide bonds. The van der Waals surface area contributed by atoms with Crippen LogP contribution in [0.1, 0.15) is 46.5 Å². The van der Waals surface area contributed by atoms with Gasteiger partial charge in [-0.15, -0.1) is 0 Å². The topological polar surface area (TPSA) is 94.6 Å². The van der Waals surface area contributed by atoms with Crippen LogP contribution in [-0.2, 0) is 11.2 Å². The van der Waals surface area contributed by atoms with Crippen LogP contribution in [0.15, 0.2) is 44.0 Å². The van der Waals surface area contributed by atoms with E-state index in [4.69, 9.17) is 13.6 Å². The number of carbonyl (C=O) groups excluding carboxylic acids is 1. The fourth-order valence-corrected chi connectivity index (χ4v) is 3.26. The van der Waals surface area contributed by atoms with Crippen molar-refractivity contribution in [2.75, 3.05) is 13.2 Å². The lowest BCUT2D eigenvalue weighted by molar-refractivity contribution is 0.0883. The third-order valence-electron chi connectivity index (χ3n) is 4.60. The van der Waals surface area contributed by atoms with E-state index in [1.54, 1.807) is 13.0 Å². The molecule has 1 unspecified atom stereocenters. The van der Waals surface area contributed by atoms with E-state index in [9.17, 15) is 9.59 Å². The molecule has 140 valence electrons. The minimum atomic E-state index is -0.639. The number of aryl methyl sites for hydroxylation is 1. The van der Waals surface area contributed by atoms with Gasteiger partial charge in [-0.3, -0.25) is 4.79 Å². The molecule has 7 heteroatoms. The molecule has 0 radical (unpaired) electrons. The Bertz CT molecular complexity index is 997. The van der Waals surface area contributed by atoms with Crippen LogP contribution in [0.25, 0.3) is 11.1 Å². The van der Waals surface area contributed by atoms with Crippen molar-refractivity contribution in [2.24, 2.45) is 0 Å². The van der Waals surface area contributed by atoms with Gasteiger partial charge in [-0.25, -0.2) is 9.78 Å². The van der Waals surface area contributed by atoms with Gasteiger partial charge < -0.3 is 18.9 Å². The second-order valence-corrected chi connectivity index (χ2v) is 6.58. The number of para-hydroxylation sites is 2. The zero-order valence-electron chi connectivity index (χ0n) is 15.0. The van der Waals surface area contributed by atoms with E-state index < -0.39 is 11.5 Å². The summed E-state index contributed by atoms with van der Waals surface area (Å²) in [5.74, 6) is 0.559. The van der Waals surface area contributed by atoms with Crippen molar-refractivity contribution >= 4 is 17.0 Å². The molecule has 4 rings (SSSR count). The van der Waals surface area contributed by atoms with E-state index in [-0.39, 0.29) is 11.7 Å². The maximum atomic E-state index is 12.4. The van der Waals surface area contributed by atoms with Crippen LogP contribution in [0.3, 0.4) is 0 Å². The minimum Gasteiger partial charge on any atom is -0.441 e. The van der Waals surface area contributed by atoms with Crippen molar-refractivity contribution in [3.63, 3.8) is 0 Å². The molecule has 1 saturated heterocycles. The molecular weight excluding hydrogens is 348 g/mol. The summed E-state index contributed by atoms with van der Waals surface area (Å²) in [4.78, 5) is 29.1. The number of ether oxygens (including phenoxy) is 1. The van der Waals surface area contributed by atoms with Crippen LogP contribution in [0.5, 0.6) is 0 Å². The van der Waals surface area contributed by atoms with Gasteiger partial charge in [0.2, 0.25) is 0 Å². The van der Waals surface area contributed by atoms with Crippen LogP contribution in [0.4, 0.5) is 0 Å². The van der Waals surface area contributed by atoms with Crippen LogP contribution >= 0.6 is 0 Å². The lowest BCUT2D eigenvalue weighted by Gasteiger charge is -2.11. The van der Waals surface area contributed by atoms with Crippen molar-refractivity contribution in [1.29, 1.82) is 0 Å². The highest BCUT2D eigenvalue weighted by atomic mass is 16.5. The average Bonchev–Trinajstić information content (AvgIpc) is 3.30. The maximum Gasteiger partial charge on any atom is 0.349 e. The lowest BCUT2D eigenvalue weighted by Crippen LogP contribution is -2.31. The van der Waals surface area contributed by atoms with Gasteiger partial charge in [0, 0.05) is 19.6 Å². The summed E-state index contributed by atoms with van der Waals surface area (Å²) in [5, 5.41) is 2.73. The molecule has 7 nitrogen and oxygen atoms in total. The van der Waals surface area contributed by atoms with E-state index in [2.05, 4.69) is 10.3 Å². The first kappa shape index (κ1) is 17.5. The molecule has 3 aromatic rings. The summed E-state index contributed by atoms with van der Waals surface area (Å²) >= 11 is 0. The van der Waals surface area contributed by atoms with Gasteiger partial charge in [-0.05, 0) is 43.5 Å². The molecule has 1 atom stereocenters. The number of carbonyl (C=O) groups is 1. The number of rotatable bonds is 5. The molecular formula is C20H20N2O5. The van der Waals surface area contributed by atoms with E-state index in [1.807, 2.05) is 24.3 Å². The lowest BCUT2D eigenvalue weighted by atomic mass is 10.1. The Hall–Kier alpha value is -2.93. The summed E-state index contributed by atoms with van der Waals surface area (Å²) in [6, 6.07) is 9.19. The van der Waals surface area contributed by atoms with Gasteiger partial charge in [0.05, 0.1) is 0 Å². The molecule has 0 bridgehead atoms. The second-order valence-electron chi connectivity index (χ2n) is 6.58. The normalized spacial score (nSPS) is 16.7. The molecule has 1 aromatic carbocycles. The predicted octanol–water partition coefficient (Wildman–Crippen LogP) is 2.91. The van der Waals surface area contributed by atoms with Gasteiger partial charge in [-0.1, -0.05) is 12.1 Å². The first-order valence-electron chi connectivity index (χ1n) is 9.01. The fourth-order valence-electron chi connectivity index (χ4n) is 3.26. The maximum absolute atomic E-state index is 12.4. The monoisotopic (exact) mass is 368 g/mol. The number of amides is 1. The third kappa shape index (κ3) is 3.64. The van der Waals surface area contributed by atoms with Crippen molar-refractivity contribution < 1.29 is 18.4 Å². The molecule has 1 aliphatic heterocycles. The first-order valence-corrected chi connectivity index (χ1v) is 9.01. The number of hydrogen-bond donors (Lipinski definition) is 1. The van der Waals surface area contributed by atoms with Gasteiger partial charge in [-0.2, -0.15) is 0 Å². The van der Waals surface area contributed by atoms with Crippen molar-refractivity contribution in [3.8, 4) is 0 Å². The highest BCUT2D eigenvalue weighted by Crippen LogP contribution is 2.28. The molecule has 2 aromatic heterocycles. The van der Waals surface area contributed by atoms with E-state index in [0.717, 1.165) is 18.4 Å². The molecule has 0 saturated carbocycles. The summed E-state index contributed by atoms with van der Waals surface area (Å²) in [6.07, 6.45) is 1.98. The smallest absolute Gasteiger partial charge is 0.349 e. The Morgan fingerprint density at radius 1 is 1.30 bits per heavy atom. The molecule has 1 N–H and O–H groups in total. The minimum absolute atomic E-state index is 0.0225. The van der Waals surface area contributed by atoms with Gasteiger partial charge in [0.1, 0.15) is 22.9 Å². The number of aromatic nitrogens is 1. The summed E-state index contributed by atoms with van der Waals surface area (Å²) in [5.41, 5.74) is 1.45. The number of fused-ring (bicyclic) bond motifs is 1. The molecule has 0 aliphatic carbocycles. The second kappa shape index (κ2) is 7.36. The Labute approximate surface area is 155 Å². The zero-order valence-corrected chi connectivity index (χ0v) is 15.0. The van der Waals surface area contributed by atoms with E-state index in [1.165, 1.54) is 0 Å². The largest absolute Gasteiger partial charge is 0.441 e. The van der Waals surface area contributed by atoms with Gasteiger partial charge >= 0.3 is 5.63 Å². The van der Waals surface area contributed by atoms with E-state index in [0.29, 0.717) is 42.4 Å². The van der Waals surface area contributed by atoms with Gasteiger partial charge in [0.25, 0.3) is 5.91 Å². The van der Waals surface area contributed by atoms with Crippen LogP contribution < -0.4 is 10.9 Å².